The topological polar surface area (TPSA) is 131 Å². The molecule has 11 nitrogen and oxygen atoms in total. The number of imidazole rings is 1. The summed E-state index contributed by atoms with van der Waals surface area (Å²) in [4.78, 5) is 47.7. The number of nitrogens with zero attached hydrogens (tertiary/aromatic N) is 5. The zero-order valence-corrected chi connectivity index (χ0v) is 27.4. The fraction of sp³-hybridized carbons (Fsp3) is 0.571. The molecule has 5 heterocycles. The molecule has 1 saturated carbocycles. The molecule has 3 aliphatic heterocycles. The van der Waals surface area contributed by atoms with Crippen LogP contribution >= 0.6 is 0 Å². The van der Waals surface area contributed by atoms with Crippen molar-refractivity contribution in [2.75, 3.05) is 47.8 Å². The predicted octanol–water partition coefficient (Wildman–Crippen LogP) is 4.81. The fourth-order valence-corrected chi connectivity index (χ4v) is 7.77. The van der Waals surface area contributed by atoms with Gasteiger partial charge in [0.2, 0.25) is 5.91 Å². The van der Waals surface area contributed by atoms with E-state index in [4.69, 9.17) is 4.98 Å². The highest BCUT2D eigenvalue weighted by atomic mass is 19.1. The number of piperidine rings is 2. The van der Waals surface area contributed by atoms with Crippen LogP contribution in [0.15, 0.2) is 30.5 Å². The maximum atomic E-state index is 15.2. The number of aromatic nitrogens is 4. The molecule has 47 heavy (non-hydrogen) atoms. The van der Waals surface area contributed by atoms with Gasteiger partial charge in [0, 0.05) is 50.9 Å². The van der Waals surface area contributed by atoms with Crippen LogP contribution in [0.3, 0.4) is 0 Å². The van der Waals surface area contributed by atoms with Gasteiger partial charge in [0.1, 0.15) is 17.5 Å². The Morgan fingerprint density at radius 3 is 2.57 bits per heavy atom. The van der Waals surface area contributed by atoms with Crippen molar-refractivity contribution in [1.82, 2.24) is 30.6 Å². The van der Waals surface area contributed by atoms with E-state index < -0.39 is 5.91 Å². The van der Waals surface area contributed by atoms with Crippen molar-refractivity contribution in [1.29, 1.82) is 0 Å². The maximum Gasteiger partial charge on any atom is 0.291 e. The summed E-state index contributed by atoms with van der Waals surface area (Å²) in [5.74, 6) is 0.689. The van der Waals surface area contributed by atoms with Gasteiger partial charge in [-0.2, -0.15) is 0 Å². The Morgan fingerprint density at radius 1 is 1.04 bits per heavy atom. The van der Waals surface area contributed by atoms with Crippen LogP contribution in [0, 0.1) is 24.1 Å². The second-order valence-electron chi connectivity index (χ2n) is 14.1. The van der Waals surface area contributed by atoms with Crippen LogP contribution in [0.5, 0.6) is 0 Å². The van der Waals surface area contributed by atoms with Gasteiger partial charge in [-0.3, -0.25) is 9.59 Å². The summed E-state index contributed by atoms with van der Waals surface area (Å²) in [5.41, 5.74) is 2.36. The molecule has 1 spiro atoms. The van der Waals surface area contributed by atoms with Crippen molar-refractivity contribution >= 4 is 29.0 Å². The number of anilines is 3. The highest BCUT2D eigenvalue weighted by molar-refractivity contribution is 6.04. The van der Waals surface area contributed by atoms with E-state index in [9.17, 15) is 9.59 Å². The molecule has 2 unspecified atom stereocenters. The molecule has 3 saturated heterocycles. The van der Waals surface area contributed by atoms with E-state index in [0.717, 1.165) is 70.5 Å². The molecule has 7 rings (SSSR count). The summed E-state index contributed by atoms with van der Waals surface area (Å²) in [6, 6.07) is 7.19. The Balaban J connectivity index is 1.05. The van der Waals surface area contributed by atoms with Crippen LogP contribution in [0.25, 0.3) is 11.4 Å². The molecule has 1 aromatic carbocycles. The zero-order chi connectivity index (χ0) is 32.5. The number of hydrogen-bond acceptors (Lipinski definition) is 8. The quantitative estimate of drug-likeness (QED) is 0.289. The molecule has 0 bridgehead atoms. The number of aryl methyl sites for hydroxylation is 1. The van der Waals surface area contributed by atoms with Crippen molar-refractivity contribution in [2.24, 2.45) is 11.3 Å². The van der Waals surface area contributed by atoms with E-state index in [1.54, 1.807) is 18.3 Å². The van der Waals surface area contributed by atoms with E-state index >= 15 is 4.39 Å². The SMILES string of the molecule is Cc1nc(-c2cnc(C(=O)Nc3cccc(F)c3N3CCC4(CC3)CNC4)[nH]2)cc(N2CC(C(=O)NC3CCCCC3)CCC2C)n1. The van der Waals surface area contributed by atoms with E-state index in [1.165, 1.54) is 25.3 Å². The Kier molecular flexibility index (Phi) is 8.87. The van der Waals surface area contributed by atoms with Gasteiger partial charge in [-0.1, -0.05) is 25.3 Å². The number of amides is 2. The zero-order valence-electron chi connectivity index (χ0n) is 27.4. The number of hydrogen-bond donors (Lipinski definition) is 4. The van der Waals surface area contributed by atoms with E-state index in [0.29, 0.717) is 46.6 Å². The van der Waals surface area contributed by atoms with Gasteiger partial charge in [0.25, 0.3) is 5.91 Å². The van der Waals surface area contributed by atoms with E-state index in [-0.39, 0.29) is 29.5 Å². The largest absolute Gasteiger partial charge is 0.367 e. The summed E-state index contributed by atoms with van der Waals surface area (Å²) in [5, 5.41) is 9.58. The molecular formula is C35H46FN9O2. The van der Waals surface area contributed by atoms with Crippen molar-refractivity contribution in [2.45, 2.75) is 83.7 Å². The first-order valence-corrected chi connectivity index (χ1v) is 17.3. The lowest BCUT2D eigenvalue weighted by atomic mass is 9.73. The number of rotatable bonds is 7. The minimum absolute atomic E-state index is 0.0942. The van der Waals surface area contributed by atoms with Crippen molar-refractivity contribution in [3.63, 3.8) is 0 Å². The van der Waals surface area contributed by atoms with Gasteiger partial charge in [0.15, 0.2) is 5.82 Å². The van der Waals surface area contributed by atoms with Crippen LogP contribution in [-0.2, 0) is 4.79 Å². The van der Waals surface area contributed by atoms with Gasteiger partial charge in [-0.05, 0) is 69.9 Å². The Labute approximate surface area is 275 Å². The second-order valence-corrected chi connectivity index (χ2v) is 14.1. The molecule has 1 aliphatic carbocycles. The lowest BCUT2D eigenvalue weighted by molar-refractivity contribution is -0.126. The molecule has 2 amide bonds. The second kappa shape index (κ2) is 13.2. The Hall–Kier alpha value is -4.06. The summed E-state index contributed by atoms with van der Waals surface area (Å²) >= 11 is 0. The summed E-state index contributed by atoms with van der Waals surface area (Å²) in [6.45, 7) is 8.13. The third-order valence-corrected chi connectivity index (χ3v) is 10.8. The van der Waals surface area contributed by atoms with E-state index in [2.05, 4.69) is 42.7 Å². The number of nitrogens with one attached hydrogen (secondary N) is 4. The van der Waals surface area contributed by atoms with E-state index in [1.807, 2.05) is 17.9 Å². The maximum absolute atomic E-state index is 15.2. The van der Waals surface area contributed by atoms with Crippen LogP contribution in [0.2, 0.25) is 0 Å². The number of carbonyl (C=O) groups is 2. The highest BCUT2D eigenvalue weighted by Gasteiger charge is 2.40. The molecule has 2 atom stereocenters. The average Bonchev–Trinajstić information content (AvgIpc) is 3.56. The van der Waals surface area contributed by atoms with Crippen molar-refractivity contribution in [3.05, 3.63) is 47.9 Å². The smallest absolute Gasteiger partial charge is 0.291 e. The molecule has 0 radical (unpaired) electrons. The lowest BCUT2D eigenvalue weighted by Crippen LogP contribution is -2.58. The Bertz CT molecular complexity index is 1610. The number of H-pyrrole nitrogens is 1. The van der Waals surface area contributed by atoms with Gasteiger partial charge in [-0.15, -0.1) is 0 Å². The first-order chi connectivity index (χ1) is 22.8. The molecule has 3 aromatic rings. The molecule has 4 aliphatic rings. The molecule has 4 fully saturated rings. The normalized spacial score (nSPS) is 23.0. The van der Waals surface area contributed by atoms with Crippen LogP contribution < -0.4 is 25.8 Å². The van der Waals surface area contributed by atoms with Crippen LogP contribution in [0.4, 0.5) is 21.6 Å². The standard InChI is InChI=1S/C35H46FN9O2/c1-22-11-12-24(33(46)41-25-7-4-3-5-8-25)19-45(22)30-17-28(39-23(2)40-30)29-18-38-32(42-29)34(47)43-27-10-6-9-26(36)31(27)44-15-13-35(14-16-44)20-37-21-35/h6,9-10,17-18,22,24-25,37H,3-5,7-8,11-16,19-21H2,1-2H3,(H,38,42)(H,41,46)(H,43,47). The average molecular weight is 644 g/mol. The molecule has 2 aromatic heterocycles. The highest BCUT2D eigenvalue weighted by Crippen LogP contribution is 2.39. The third kappa shape index (κ3) is 6.70. The third-order valence-electron chi connectivity index (χ3n) is 10.8. The van der Waals surface area contributed by atoms with Gasteiger partial charge in [-0.25, -0.2) is 19.3 Å². The first kappa shape index (κ1) is 31.5. The first-order valence-electron chi connectivity index (χ1n) is 17.3. The fourth-order valence-electron chi connectivity index (χ4n) is 7.77. The minimum Gasteiger partial charge on any atom is -0.367 e. The summed E-state index contributed by atoms with van der Waals surface area (Å²) in [7, 11) is 0. The van der Waals surface area contributed by atoms with Crippen molar-refractivity contribution < 1.29 is 14.0 Å². The summed E-state index contributed by atoms with van der Waals surface area (Å²) in [6.07, 6.45) is 11.1. The monoisotopic (exact) mass is 643 g/mol. The number of carbonyl (C=O) groups excluding carboxylic acids is 2. The number of benzene rings is 1. The Morgan fingerprint density at radius 2 is 1.83 bits per heavy atom. The van der Waals surface area contributed by atoms with Gasteiger partial charge < -0.3 is 30.7 Å². The van der Waals surface area contributed by atoms with Gasteiger partial charge >= 0.3 is 0 Å². The lowest BCUT2D eigenvalue weighted by Gasteiger charge is -2.49. The number of halogens is 1. The molecule has 250 valence electrons. The van der Waals surface area contributed by atoms with Crippen LogP contribution in [0.1, 0.15) is 81.2 Å². The summed E-state index contributed by atoms with van der Waals surface area (Å²) < 4.78 is 15.2. The van der Waals surface area contributed by atoms with Crippen molar-refractivity contribution in [3.8, 4) is 11.4 Å². The van der Waals surface area contributed by atoms with Crippen LogP contribution in [-0.4, -0.2) is 76.6 Å². The molecular weight excluding hydrogens is 597 g/mol. The molecule has 4 N–H and O–H groups in total. The predicted molar refractivity (Wildman–Crippen MR) is 180 cm³/mol. The van der Waals surface area contributed by atoms with Gasteiger partial charge in [0.05, 0.1) is 34.9 Å². The number of para-hydroxylation sites is 1. The number of aromatic amines is 1. The molecule has 12 heteroatoms. The minimum atomic E-state index is -0.456.